The van der Waals surface area contributed by atoms with Crippen LogP contribution in [0.15, 0.2) is 60.9 Å². The minimum absolute atomic E-state index is 0.235. The molecular formula is C20H17FN4O2S. The van der Waals surface area contributed by atoms with E-state index in [1.807, 2.05) is 30.3 Å². The molecule has 3 aromatic rings. The molecule has 4 rings (SSSR count). The Morgan fingerprint density at radius 3 is 2.61 bits per heavy atom. The topological polar surface area (TPSA) is 81.2 Å². The van der Waals surface area contributed by atoms with Crippen LogP contribution in [0, 0.1) is 5.82 Å². The van der Waals surface area contributed by atoms with Gasteiger partial charge >= 0.3 is 5.97 Å². The van der Waals surface area contributed by atoms with Crippen molar-refractivity contribution in [2.45, 2.75) is 18.5 Å². The molecule has 28 heavy (non-hydrogen) atoms. The third-order valence-electron chi connectivity index (χ3n) is 4.75. The molecule has 1 aliphatic rings. The lowest BCUT2D eigenvalue weighted by Gasteiger charge is -2.41. The number of imidazole rings is 1. The summed E-state index contributed by atoms with van der Waals surface area (Å²) < 4.78 is 13.5. The third-order valence-corrected chi connectivity index (χ3v) is 5.07. The number of carbonyl (C=O) groups is 1. The molecule has 8 heteroatoms. The number of aliphatic carboxylic acids is 1. The van der Waals surface area contributed by atoms with Crippen LogP contribution in [0.25, 0.3) is 0 Å². The quantitative estimate of drug-likeness (QED) is 0.589. The van der Waals surface area contributed by atoms with Crippen LogP contribution in [0.2, 0.25) is 0 Å². The van der Waals surface area contributed by atoms with E-state index in [1.54, 1.807) is 17.0 Å². The molecule has 2 heterocycles. The van der Waals surface area contributed by atoms with E-state index in [9.17, 15) is 14.3 Å². The van der Waals surface area contributed by atoms with Crippen molar-refractivity contribution in [2.75, 3.05) is 5.32 Å². The van der Waals surface area contributed by atoms with Gasteiger partial charge in [-0.25, -0.2) is 14.2 Å². The van der Waals surface area contributed by atoms with Crippen molar-refractivity contribution in [3.8, 4) is 0 Å². The van der Waals surface area contributed by atoms with Crippen molar-refractivity contribution in [2.24, 2.45) is 0 Å². The molecule has 0 saturated carbocycles. The number of aromatic nitrogens is 2. The summed E-state index contributed by atoms with van der Waals surface area (Å²) in [6, 6.07) is 13.8. The number of hydrogen-bond acceptors (Lipinski definition) is 3. The first-order valence-corrected chi connectivity index (χ1v) is 9.10. The summed E-state index contributed by atoms with van der Waals surface area (Å²) in [5.41, 5.74) is 2.88. The smallest absolute Gasteiger partial charge is 0.326 e. The Labute approximate surface area is 166 Å². The number of nitrogens with one attached hydrogen (secondary N) is 2. The first-order chi connectivity index (χ1) is 13.5. The second kappa shape index (κ2) is 7.40. The molecular weight excluding hydrogens is 379 g/mol. The molecule has 2 unspecified atom stereocenters. The number of halogens is 1. The summed E-state index contributed by atoms with van der Waals surface area (Å²) in [6.07, 6.45) is 1.77. The molecule has 1 aliphatic heterocycles. The number of carboxylic acids is 1. The fourth-order valence-corrected chi connectivity index (χ4v) is 3.82. The highest BCUT2D eigenvalue weighted by atomic mass is 32.1. The van der Waals surface area contributed by atoms with Crippen LogP contribution in [0.3, 0.4) is 0 Å². The standard InChI is InChI=1S/C20H17FN4O2S/c21-13-8-6-12(7-9-13)18-17-15(22-11-23-17)10-16(19(26)27)25(18)20(28)24-14-4-2-1-3-5-14/h1-9,11,16,18H,10H2,(H,22,23)(H,24,28)(H,26,27). The minimum atomic E-state index is -0.996. The lowest BCUT2D eigenvalue weighted by atomic mass is 9.91. The largest absolute Gasteiger partial charge is 0.480 e. The summed E-state index contributed by atoms with van der Waals surface area (Å²) in [6.45, 7) is 0. The molecule has 2 atom stereocenters. The van der Waals surface area contributed by atoms with E-state index in [-0.39, 0.29) is 17.4 Å². The highest BCUT2D eigenvalue weighted by Gasteiger charge is 2.42. The monoisotopic (exact) mass is 396 g/mol. The molecule has 142 valence electrons. The van der Waals surface area contributed by atoms with Crippen LogP contribution in [-0.2, 0) is 11.2 Å². The summed E-state index contributed by atoms with van der Waals surface area (Å²) >= 11 is 5.60. The zero-order chi connectivity index (χ0) is 19.7. The number of carboxylic acid groups (broad SMARTS) is 1. The maximum absolute atomic E-state index is 13.5. The first kappa shape index (κ1) is 18.1. The number of thiocarbonyl (C=S) groups is 1. The molecule has 2 aromatic carbocycles. The normalized spacial score (nSPS) is 18.4. The van der Waals surface area contributed by atoms with E-state index in [0.29, 0.717) is 11.3 Å². The highest BCUT2D eigenvalue weighted by molar-refractivity contribution is 7.80. The average Bonchev–Trinajstić information content (AvgIpc) is 3.16. The summed E-state index contributed by atoms with van der Waals surface area (Å²) in [7, 11) is 0. The van der Waals surface area contributed by atoms with Crippen molar-refractivity contribution in [3.05, 3.63) is 83.7 Å². The number of rotatable bonds is 3. The number of hydrogen-bond donors (Lipinski definition) is 3. The Kier molecular flexibility index (Phi) is 4.79. The van der Waals surface area contributed by atoms with Gasteiger partial charge in [0.05, 0.1) is 12.0 Å². The number of H-pyrrole nitrogens is 1. The SMILES string of the molecule is O=C(O)C1Cc2[nH]cnc2C(c2ccc(F)cc2)N1C(=S)Nc1ccccc1. The van der Waals surface area contributed by atoms with Crippen molar-refractivity contribution >= 4 is 29.0 Å². The van der Waals surface area contributed by atoms with E-state index >= 15 is 0 Å². The number of nitrogens with zero attached hydrogens (tertiary/aromatic N) is 2. The highest BCUT2D eigenvalue weighted by Crippen LogP contribution is 2.37. The van der Waals surface area contributed by atoms with Gasteiger partial charge in [0, 0.05) is 17.8 Å². The van der Waals surface area contributed by atoms with Crippen molar-refractivity contribution in [1.82, 2.24) is 14.9 Å². The van der Waals surface area contributed by atoms with Gasteiger partial charge in [-0.1, -0.05) is 30.3 Å². The number of anilines is 1. The van der Waals surface area contributed by atoms with Gasteiger partial charge in [0.1, 0.15) is 17.9 Å². The summed E-state index contributed by atoms with van der Waals surface area (Å²) in [5, 5.41) is 13.3. The fraction of sp³-hybridized carbons (Fsp3) is 0.150. The fourth-order valence-electron chi connectivity index (χ4n) is 3.47. The third kappa shape index (κ3) is 3.34. The molecule has 0 amide bonds. The first-order valence-electron chi connectivity index (χ1n) is 8.69. The van der Waals surface area contributed by atoms with Crippen LogP contribution in [-0.4, -0.2) is 37.1 Å². The molecule has 0 aliphatic carbocycles. The maximum Gasteiger partial charge on any atom is 0.326 e. The molecule has 0 bridgehead atoms. The van der Waals surface area contributed by atoms with Gasteiger partial charge in [0.25, 0.3) is 0 Å². The zero-order valence-electron chi connectivity index (χ0n) is 14.7. The van der Waals surface area contributed by atoms with E-state index in [1.165, 1.54) is 18.5 Å². The average molecular weight is 396 g/mol. The number of fused-ring (bicyclic) bond motifs is 1. The lowest BCUT2D eigenvalue weighted by molar-refractivity contribution is -0.142. The Bertz CT molecular complexity index is 1010. The van der Waals surface area contributed by atoms with E-state index in [2.05, 4.69) is 15.3 Å². The van der Waals surface area contributed by atoms with Crippen molar-refractivity contribution in [3.63, 3.8) is 0 Å². The van der Waals surface area contributed by atoms with Crippen LogP contribution in [0.4, 0.5) is 10.1 Å². The molecule has 6 nitrogen and oxygen atoms in total. The predicted octanol–water partition coefficient (Wildman–Crippen LogP) is 3.35. The van der Waals surface area contributed by atoms with Crippen molar-refractivity contribution in [1.29, 1.82) is 0 Å². The second-order valence-corrected chi connectivity index (χ2v) is 6.87. The Morgan fingerprint density at radius 2 is 1.93 bits per heavy atom. The van der Waals surface area contributed by atoms with Crippen LogP contribution >= 0.6 is 12.2 Å². The Hall–Kier alpha value is -3.26. The maximum atomic E-state index is 13.5. The van der Waals surface area contributed by atoms with Crippen LogP contribution < -0.4 is 5.32 Å². The minimum Gasteiger partial charge on any atom is -0.480 e. The van der Waals surface area contributed by atoms with Gasteiger partial charge in [-0.2, -0.15) is 0 Å². The van der Waals surface area contributed by atoms with Gasteiger partial charge in [0.2, 0.25) is 0 Å². The molecule has 0 spiro atoms. The van der Waals surface area contributed by atoms with Gasteiger partial charge in [-0.3, -0.25) is 0 Å². The van der Waals surface area contributed by atoms with E-state index < -0.39 is 18.1 Å². The predicted molar refractivity (Wildman–Crippen MR) is 106 cm³/mol. The van der Waals surface area contributed by atoms with Crippen LogP contribution in [0.1, 0.15) is 23.0 Å². The second-order valence-electron chi connectivity index (χ2n) is 6.48. The molecule has 0 saturated heterocycles. The number of aromatic amines is 1. The number of benzene rings is 2. The van der Waals surface area contributed by atoms with Crippen LogP contribution in [0.5, 0.6) is 0 Å². The Balaban J connectivity index is 1.79. The van der Waals surface area contributed by atoms with Gasteiger partial charge in [-0.15, -0.1) is 0 Å². The summed E-state index contributed by atoms with van der Waals surface area (Å²) in [5.74, 6) is -1.36. The lowest BCUT2D eigenvalue weighted by Crippen LogP contribution is -2.53. The summed E-state index contributed by atoms with van der Waals surface area (Å²) in [4.78, 5) is 21.1. The van der Waals surface area contributed by atoms with Gasteiger partial charge < -0.3 is 20.3 Å². The zero-order valence-corrected chi connectivity index (χ0v) is 15.5. The number of para-hydroxylation sites is 1. The Morgan fingerprint density at radius 1 is 1.21 bits per heavy atom. The molecule has 0 fully saturated rings. The van der Waals surface area contributed by atoms with Crippen molar-refractivity contribution < 1.29 is 14.3 Å². The van der Waals surface area contributed by atoms with E-state index in [4.69, 9.17) is 12.2 Å². The van der Waals surface area contributed by atoms with Gasteiger partial charge in [0.15, 0.2) is 5.11 Å². The molecule has 0 radical (unpaired) electrons. The molecule has 3 N–H and O–H groups in total. The van der Waals surface area contributed by atoms with E-state index in [0.717, 1.165) is 11.4 Å². The van der Waals surface area contributed by atoms with Gasteiger partial charge in [-0.05, 0) is 42.0 Å². The molecule has 1 aromatic heterocycles.